The fourth-order valence-electron chi connectivity index (χ4n) is 2.89. The van der Waals surface area contributed by atoms with Crippen molar-refractivity contribution >= 4 is 11.8 Å². The number of benzene rings is 1. The van der Waals surface area contributed by atoms with Crippen LogP contribution in [-0.4, -0.2) is 34.9 Å². The van der Waals surface area contributed by atoms with Crippen LogP contribution in [0.5, 0.6) is 5.75 Å². The Morgan fingerprint density at radius 1 is 1.24 bits per heavy atom. The van der Waals surface area contributed by atoms with Crippen LogP contribution in [0.25, 0.3) is 0 Å². The molecule has 1 amide bonds. The topological polar surface area (TPSA) is 85.8 Å². The van der Waals surface area contributed by atoms with E-state index in [1.54, 1.807) is 4.90 Å². The molecular formula is C18H20N2O5. The third-order valence-electron chi connectivity index (χ3n) is 4.35. The molecule has 1 saturated heterocycles. The van der Waals surface area contributed by atoms with E-state index in [0.717, 1.165) is 16.9 Å². The predicted octanol–water partition coefficient (Wildman–Crippen LogP) is 3.49. The Kier molecular flexibility index (Phi) is 4.74. The lowest BCUT2D eigenvalue weighted by Crippen LogP contribution is -2.41. The summed E-state index contributed by atoms with van der Waals surface area (Å²) in [6, 6.07) is 8.65. The Morgan fingerprint density at radius 3 is 2.60 bits per heavy atom. The standard InChI is InChI=1S/C18H20N2O5/c1-12-3-4-13(2)16(11-12)24-14-7-9-19(10-8-14)18(21)15-5-6-17(25-15)20(22)23/h3-6,11,14H,7-10H2,1-2H3. The Bertz CT molecular complexity index is 791. The van der Waals surface area contributed by atoms with Crippen molar-refractivity contribution in [2.24, 2.45) is 0 Å². The van der Waals surface area contributed by atoms with Crippen LogP contribution in [0.1, 0.15) is 34.5 Å². The zero-order valence-electron chi connectivity index (χ0n) is 14.2. The van der Waals surface area contributed by atoms with Gasteiger partial charge in [-0.3, -0.25) is 14.9 Å². The molecule has 3 rings (SSSR count). The van der Waals surface area contributed by atoms with Crippen LogP contribution >= 0.6 is 0 Å². The first-order valence-electron chi connectivity index (χ1n) is 8.21. The molecule has 0 saturated carbocycles. The van der Waals surface area contributed by atoms with Crippen LogP contribution < -0.4 is 4.74 Å². The van der Waals surface area contributed by atoms with E-state index in [0.29, 0.717) is 25.9 Å². The molecule has 1 aromatic carbocycles. The van der Waals surface area contributed by atoms with Gasteiger partial charge in [-0.05, 0) is 37.1 Å². The summed E-state index contributed by atoms with van der Waals surface area (Å²) in [7, 11) is 0. The van der Waals surface area contributed by atoms with Crippen molar-refractivity contribution in [1.29, 1.82) is 0 Å². The molecule has 25 heavy (non-hydrogen) atoms. The van der Waals surface area contributed by atoms with Gasteiger partial charge in [0.1, 0.15) is 16.8 Å². The Labute approximate surface area is 145 Å². The molecule has 0 aliphatic carbocycles. The molecule has 0 atom stereocenters. The second kappa shape index (κ2) is 6.96. The highest BCUT2D eigenvalue weighted by Gasteiger charge is 2.27. The highest BCUT2D eigenvalue weighted by Crippen LogP contribution is 2.25. The summed E-state index contributed by atoms with van der Waals surface area (Å²) >= 11 is 0. The number of furan rings is 1. The fourth-order valence-corrected chi connectivity index (χ4v) is 2.89. The van der Waals surface area contributed by atoms with E-state index >= 15 is 0 Å². The second-order valence-corrected chi connectivity index (χ2v) is 6.27. The number of likely N-dealkylation sites (tertiary alicyclic amines) is 1. The van der Waals surface area contributed by atoms with Gasteiger partial charge in [-0.15, -0.1) is 0 Å². The van der Waals surface area contributed by atoms with E-state index in [1.807, 2.05) is 32.0 Å². The van der Waals surface area contributed by atoms with E-state index in [1.165, 1.54) is 12.1 Å². The first kappa shape index (κ1) is 17.0. The lowest BCUT2D eigenvalue weighted by molar-refractivity contribution is -0.402. The van der Waals surface area contributed by atoms with Gasteiger partial charge in [0.2, 0.25) is 0 Å². The monoisotopic (exact) mass is 344 g/mol. The van der Waals surface area contributed by atoms with Crippen molar-refractivity contribution < 1.29 is 18.9 Å². The summed E-state index contributed by atoms with van der Waals surface area (Å²) in [6.45, 7) is 5.10. The smallest absolute Gasteiger partial charge is 0.433 e. The van der Waals surface area contributed by atoms with Gasteiger partial charge in [-0.1, -0.05) is 12.1 Å². The van der Waals surface area contributed by atoms with Gasteiger partial charge in [0.25, 0.3) is 5.91 Å². The highest BCUT2D eigenvalue weighted by molar-refractivity contribution is 5.91. The lowest BCUT2D eigenvalue weighted by atomic mass is 10.1. The normalized spacial score (nSPS) is 15.2. The van der Waals surface area contributed by atoms with Crippen molar-refractivity contribution in [2.45, 2.75) is 32.8 Å². The van der Waals surface area contributed by atoms with E-state index in [4.69, 9.17) is 9.15 Å². The van der Waals surface area contributed by atoms with E-state index < -0.39 is 10.8 Å². The number of hydrogen-bond donors (Lipinski definition) is 0. The molecule has 0 radical (unpaired) electrons. The molecule has 0 N–H and O–H groups in total. The maximum Gasteiger partial charge on any atom is 0.433 e. The first-order valence-corrected chi connectivity index (χ1v) is 8.21. The largest absolute Gasteiger partial charge is 0.490 e. The fraction of sp³-hybridized carbons (Fsp3) is 0.389. The summed E-state index contributed by atoms with van der Waals surface area (Å²) < 4.78 is 11.1. The van der Waals surface area contributed by atoms with Crippen molar-refractivity contribution in [1.82, 2.24) is 4.90 Å². The van der Waals surface area contributed by atoms with Crippen molar-refractivity contribution in [3.8, 4) is 5.75 Å². The summed E-state index contributed by atoms with van der Waals surface area (Å²) in [5.74, 6) is 0.141. The van der Waals surface area contributed by atoms with Gasteiger partial charge in [0, 0.05) is 25.9 Å². The van der Waals surface area contributed by atoms with Gasteiger partial charge < -0.3 is 14.1 Å². The highest BCUT2D eigenvalue weighted by atomic mass is 16.6. The number of piperidine rings is 1. The quantitative estimate of drug-likeness (QED) is 0.626. The van der Waals surface area contributed by atoms with Crippen LogP contribution in [-0.2, 0) is 0 Å². The van der Waals surface area contributed by atoms with Gasteiger partial charge in [-0.25, -0.2) is 0 Å². The van der Waals surface area contributed by atoms with Crippen LogP contribution in [0.15, 0.2) is 34.7 Å². The Balaban J connectivity index is 1.58. The van der Waals surface area contributed by atoms with Crippen LogP contribution in [0.2, 0.25) is 0 Å². The second-order valence-electron chi connectivity index (χ2n) is 6.27. The number of carbonyl (C=O) groups excluding carboxylic acids is 1. The van der Waals surface area contributed by atoms with Gasteiger partial charge in [0.05, 0.1) is 6.07 Å². The number of rotatable bonds is 4. The number of aryl methyl sites for hydroxylation is 2. The first-order chi connectivity index (χ1) is 11.9. The zero-order valence-corrected chi connectivity index (χ0v) is 14.2. The van der Waals surface area contributed by atoms with E-state index in [-0.39, 0.29) is 17.8 Å². The number of amides is 1. The molecule has 7 heteroatoms. The summed E-state index contributed by atoms with van der Waals surface area (Å²) in [6.07, 6.45) is 1.47. The zero-order chi connectivity index (χ0) is 18.0. The summed E-state index contributed by atoms with van der Waals surface area (Å²) in [5.41, 5.74) is 2.24. The molecule has 1 aliphatic heterocycles. The number of nitro groups is 1. The van der Waals surface area contributed by atoms with Gasteiger partial charge in [0.15, 0.2) is 5.76 Å². The van der Waals surface area contributed by atoms with E-state index in [9.17, 15) is 14.9 Å². The maximum atomic E-state index is 12.4. The van der Waals surface area contributed by atoms with E-state index in [2.05, 4.69) is 0 Å². The molecule has 1 fully saturated rings. The van der Waals surface area contributed by atoms with Gasteiger partial charge >= 0.3 is 5.88 Å². The molecule has 0 bridgehead atoms. The number of hydrogen-bond acceptors (Lipinski definition) is 5. The molecule has 2 heterocycles. The average molecular weight is 344 g/mol. The Morgan fingerprint density at radius 2 is 1.96 bits per heavy atom. The molecule has 1 aromatic heterocycles. The maximum absolute atomic E-state index is 12.4. The number of nitrogens with zero attached hydrogens (tertiary/aromatic N) is 2. The van der Waals surface area contributed by atoms with Crippen LogP contribution in [0, 0.1) is 24.0 Å². The van der Waals surface area contributed by atoms with Crippen molar-refractivity contribution in [3.05, 3.63) is 57.3 Å². The molecular weight excluding hydrogens is 324 g/mol. The Hall–Kier alpha value is -2.83. The summed E-state index contributed by atoms with van der Waals surface area (Å²) in [4.78, 5) is 24.0. The van der Waals surface area contributed by atoms with Crippen molar-refractivity contribution in [3.63, 3.8) is 0 Å². The summed E-state index contributed by atoms with van der Waals surface area (Å²) in [5, 5.41) is 10.7. The molecule has 132 valence electrons. The minimum atomic E-state index is -0.652. The number of carbonyl (C=O) groups is 1. The SMILES string of the molecule is Cc1ccc(C)c(OC2CCN(C(=O)c3ccc([N+](=O)[O-])o3)CC2)c1. The predicted molar refractivity (Wildman–Crippen MR) is 90.8 cm³/mol. The lowest BCUT2D eigenvalue weighted by Gasteiger charge is -2.32. The molecule has 1 aliphatic rings. The van der Waals surface area contributed by atoms with Crippen LogP contribution in [0.3, 0.4) is 0 Å². The van der Waals surface area contributed by atoms with Crippen molar-refractivity contribution in [2.75, 3.05) is 13.1 Å². The third-order valence-corrected chi connectivity index (χ3v) is 4.35. The minimum Gasteiger partial charge on any atom is -0.490 e. The molecule has 0 unspecified atom stereocenters. The van der Waals surface area contributed by atoms with Crippen LogP contribution in [0.4, 0.5) is 5.88 Å². The molecule has 0 spiro atoms. The molecule has 2 aromatic rings. The average Bonchev–Trinajstić information content (AvgIpc) is 3.08. The molecule has 7 nitrogen and oxygen atoms in total. The minimum absolute atomic E-state index is 0.000553. The third kappa shape index (κ3) is 3.81. The number of ether oxygens (including phenoxy) is 1. The van der Waals surface area contributed by atoms with Gasteiger partial charge in [-0.2, -0.15) is 0 Å².